The molecule has 0 amide bonds. The molecule has 0 saturated heterocycles. The van der Waals surface area contributed by atoms with Gasteiger partial charge in [0.1, 0.15) is 0 Å². The van der Waals surface area contributed by atoms with Crippen molar-refractivity contribution < 1.29 is 14.7 Å². The van der Waals surface area contributed by atoms with E-state index in [-0.39, 0.29) is 16.8 Å². The van der Waals surface area contributed by atoms with Gasteiger partial charge in [-0.25, -0.2) is 4.79 Å². The summed E-state index contributed by atoms with van der Waals surface area (Å²) in [6, 6.07) is 18.0. The molecule has 0 bridgehead atoms. The molecule has 3 nitrogen and oxygen atoms in total. The van der Waals surface area contributed by atoms with E-state index in [0.717, 1.165) is 10.8 Å². The summed E-state index contributed by atoms with van der Waals surface area (Å²) in [6.07, 6.45) is 0. The van der Waals surface area contributed by atoms with Crippen molar-refractivity contribution in [2.75, 3.05) is 0 Å². The molecular formula is C22H20O3. The van der Waals surface area contributed by atoms with E-state index in [9.17, 15) is 9.59 Å². The SMILES string of the molecule is CC(C)(C)c1ccc(C(=O)c2ccc3cc(C(=O)O)ccc3c2)cc1. The molecule has 0 spiro atoms. The summed E-state index contributed by atoms with van der Waals surface area (Å²) in [5.74, 6) is -0.995. The molecule has 3 aromatic rings. The van der Waals surface area contributed by atoms with Crippen molar-refractivity contribution in [3.63, 3.8) is 0 Å². The molecule has 0 unspecified atom stereocenters. The molecule has 3 aromatic carbocycles. The van der Waals surface area contributed by atoms with Gasteiger partial charge in [0.25, 0.3) is 0 Å². The van der Waals surface area contributed by atoms with E-state index < -0.39 is 5.97 Å². The Morgan fingerprint density at radius 3 is 1.72 bits per heavy atom. The number of fused-ring (bicyclic) bond motifs is 1. The molecule has 1 N–H and O–H groups in total. The van der Waals surface area contributed by atoms with Crippen LogP contribution in [0, 0.1) is 0 Å². The fourth-order valence-corrected chi connectivity index (χ4v) is 2.81. The average Bonchev–Trinajstić information content (AvgIpc) is 2.59. The fraction of sp³-hybridized carbons (Fsp3) is 0.182. The highest BCUT2D eigenvalue weighted by atomic mass is 16.4. The minimum Gasteiger partial charge on any atom is -0.478 e. The van der Waals surface area contributed by atoms with Gasteiger partial charge in [0, 0.05) is 11.1 Å². The second kappa shape index (κ2) is 6.17. The fourth-order valence-electron chi connectivity index (χ4n) is 2.81. The Morgan fingerprint density at radius 2 is 1.20 bits per heavy atom. The van der Waals surface area contributed by atoms with Crippen molar-refractivity contribution in [2.45, 2.75) is 26.2 Å². The second-order valence-electron chi connectivity index (χ2n) is 7.24. The number of aromatic carboxylic acids is 1. The molecule has 0 aliphatic carbocycles. The van der Waals surface area contributed by atoms with Gasteiger partial charge >= 0.3 is 5.97 Å². The van der Waals surface area contributed by atoms with Crippen molar-refractivity contribution in [2.24, 2.45) is 0 Å². The van der Waals surface area contributed by atoms with Crippen LogP contribution in [0.4, 0.5) is 0 Å². The van der Waals surface area contributed by atoms with Crippen LogP contribution in [0.3, 0.4) is 0 Å². The Bertz CT molecular complexity index is 961. The summed E-state index contributed by atoms with van der Waals surface area (Å²) in [7, 11) is 0. The van der Waals surface area contributed by atoms with Crippen LogP contribution in [0.2, 0.25) is 0 Å². The molecule has 0 heterocycles. The third-order valence-electron chi connectivity index (χ3n) is 4.36. The third kappa shape index (κ3) is 3.45. The lowest BCUT2D eigenvalue weighted by molar-refractivity contribution is 0.0697. The van der Waals surface area contributed by atoms with Gasteiger partial charge in [-0.15, -0.1) is 0 Å². The Hall–Kier alpha value is -2.94. The number of ketones is 1. The highest BCUT2D eigenvalue weighted by molar-refractivity contribution is 6.10. The van der Waals surface area contributed by atoms with Crippen molar-refractivity contribution in [1.82, 2.24) is 0 Å². The van der Waals surface area contributed by atoms with E-state index >= 15 is 0 Å². The largest absolute Gasteiger partial charge is 0.478 e. The number of hydrogen-bond acceptors (Lipinski definition) is 2. The lowest BCUT2D eigenvalue weighted by Gasteiger charge is -2.19. The van der Waals surface area contributed by atoms with Gasteiger partial charge in [-0.2, -0.15) is 0 Å². The van der Waals surface area contributed by atoms with E-state index in [4.69, 9.17) is 5.11 Å². The van der Waals surface area contributed by atoms with Crippen molar-refractivity contribution in [3.05, 3.63) is 82.9 Å². The lowest BCUT2D eigenvalue weighted by atomic mass is 9.86. The first-order valence-corrected chi connectivity index (χ1v) is 8.18. The van der Waals surface area contributed by atoms with Crippen molar-refractivity contribution in [1.29, 1.82) is 0 Å². The average molecular weight is 332 g/mol. The molecule has 0 aliphatic heterocycles. The summed E-state index contributed by atoms with van der Waals surface area (Å²) >= 11 is 0. The van der Waals surface area contributed by atoms with Gasteiger partial charge in [-0.3, -0.25) is 4.79 Å². The summed E-state index contributed by atoms with van der Waals surface area (Å²) in [5, 5.41) is 10.7. The van der Waals surface area contributed by atoms with Crippen LogP contribution >= 0.6 is 0 Å². The Labute approximate surface area is 146 Å². The molecule has 0 atom stereocenters. The van der Waals surface area contributed by atoms with Crippen LogP contribution in [0.15, 0.2) is 60.7 Å². The number of carboxylic acids is 1. The second-order valence-corrected chi connectivity index (χ2v) is 7.24. The van der Waals surface area contributed by atoms with Gasteiger partial charge in [-0.05, 0) is 39.9 Å². The van der Waals surface area contributed by atoms with E-state index in [2.05, 4.69) is 20.8 Å². The maximum Gasteiger partial charge on any atom is 0.335 e. The number of carboxylic acid groups (broad SMARTS) is 1. The van der Waals surface area contributed by atoms with E-state index in [0.29, 0.717) is 11.1 Å². The first-order valence-electron chi connectivity index (χ1n) is 8.18. The van der Waals surface area contributed by atoms with Gasteiger partial charge < -0.3 is 5.11 Å². The Kier molecular flexibility index (Phi) is 4.17. The summed E-state index contributed by atoms with van der Waals surface area (Å²) < 4.78 is 0. The number of benzene rings is 3. The minimum atomic E-state index is -0.957. The quantitative estimate of drug-likeness (QED) is 0.682. The van der Waals surface area contributed by atoms with Crippen LogP contribution in [0.1, 0.15) is 52.6 Å². The van der Waals surface area contributed by atoms with Gasteiger partial charge in [0.15, 0.2) is 5.78 Å². The molecular weight excluding hydrogens is 312 g/mol. The normalized spacial score (nSPS) is 11.5. The van der Waals surface area contributed by atoms with E-state index in [1.807, 2.05) is 24.3 Å². The maximum absolute atomic E-state index is 12.7. The van der Waals surface area contributed by atoms with Crippen LogP contribution in [-0.2, 0) is 5.41 Å². The molecule has 0 radical (unpaired) electrons. The van der Waals surface area contributed by atoms with Crippen molar-refractivity contribution in [3.8, 4) is 0 Å². The molecule has 0 aliphatic rings. The minimum absolute atomic E-state index is 0.0373. The van der Waals surface area contributed by atoms with Crippen LogP contribution in [-0.4, -0.2) is 16.9 Å². The molecule has 3 heteroatoms. The zero-order valence-electron chi connectivity index (χ0n) is 14.5. The predicted octanol–water partition coefficient (Wildman–Crippen LogP) is 5.07. The molecule has 0 fully saturated rings. The highest BCUT2D eigenvalue weighted by Crippen LogP contribution is 2.24. The Morgan fingerprint density at radius 1 is 0.720 bits per heavy atom. The summed E-state index contributed by atoms with van der Waals surface area (Å²) in [6.45, 7) is 6.41. The summed E-state index contributed by atoms with van der Waals surface area (Å²) in [4.78, 5) is 23.8. The van der Waals surface area contributed by atoms with Crippen LogP contribution in [0.25, 0.3) is 10.8 Å². The van der Waals surface area contributed by atoms with Crippen LogP contribution < -0.4 is 0 Å². The lowest BCUT2D eigenvalue weighted by Crippen LogP contribution is -2.11. The topological polar surface area (TPSA) is 54.4 Å². The predicted molar refractivity (Wildman–Crippen MR) is 99.5 cm³/mol. The number of carbonyl (C=O) groups is 2. The van der Waals surface area contributed by atoms with Gasteiger partial charge in [-0.1, -0.05) is 63.2 Å². The highest BCUT2D eigenvalue weighted by Gasteiger charge is 2.15. The number of rotatable bonds is 3. The van der Waals surface area contributed by atoms with Crippen molar-refractivity contribution >= 4 is 22.5 Å². The molecule has 0 aromatic heterocycles. The first kappa shape index (κ1) is 16.9. The zero-order chi connectivity index (χ0) is 18.2. The zero-order valence-corrected chi connectivity index (χ0v) is 14.5. The standard InChI is InChI=1S/C22H20O3/c1-22(2,3)19-10-8-14(9-11-19)20(23)17-6-4-16-13-18(21(24)25)7-5-15(16)12-17/h4-13H,1-3H3,(H,24,25). The van der Waals surface area contributed by atoms with Gasteiger partial charge in [0.05, 0.1) is 5.56 Å². The smallest absolute Gasteiger partial charge is 0.335 e. The molecule has 0 saturated carbocycles. The molecule has 3 rings (SSSR count). The third-order valence-corrected chi connectivity index (χ3v) is 4.36. The van der Waals surface area contributed by atoms with Crippen LogP contribution in [0.5, 0.6) is 0 Å². The van der Waals surface area contributed by atoms with E-state index in [1.54, 1.807) is 36.4 Å². The summed E-state index contributed by atoms with van der Waals surface area (Å²) in [5.41, 5.74) is 2.72. The van der Waals surface area contributed by atoms with E-state index in [1.165, 1.54) is 5.56 Å². The monoisotopic (exact) mass is 332 g/mol. The molecule has 25 heavy (non-hydrogen) atoms. The van der Waals surface area contributed by atoms with Gasteiger partial charge in [0.2, 0.25) is 0 Å². The first-order chi connectivity index (χ1) is 11.8. The number of carbonyl (C=O) groups excluding carboxylic acids is 1. The Balaban J connectivity index is 1.94. The number of hydrogen-bond donors (Lipinski definition) is 1. The maximum atomic E-state index is 12.7. The molecule has 126 valence electrons.